The minimum absolute atomic E-state index is 0.451. The van der Waals surface area contributed by atoms with Gasteiger partial charge in [0, 0.05) is 35.9 Å². The first-order chi connectivity index (χ1) is 9.47. The summed E-state index contributed by atoms with van der Waals surface area (Å²) in [5.41, 5.74) is 9.24. The Bertz CT molecular complexity index is 655. The fourth-order valence-electron chi connectivity index (χ4n) is 1.92. The summed E-state index contributed by atoms with van der Waals surface area (Å²) in [7, 11) is 1.84. The van der Waals surface area contributed by atoms with Crippen LogP contribution < -0.4 is 11.1 Å². The third-order valence-electron chi connectivity index (χ3n) is 3.00. The first-order valence-electron chi connectivity index (χ1n) is 6.13. The minimum Gasteiger partial charge on any atom is -0.394 e. The van der Waals surface area contributed by atoms with Crippen LogP contribution in [0, 0.1) is 0 Å². The molecule has 0 bridgehead atoms. The van der Waals surface area contributed by atoms with Gasteiger partial charge >= 0.3 is 0 Å². The van der Waals surface area contributed by atoms with Crippen molar-refractivity contribution in [3.05, 3.63) is 41.3 Å². The highest BCUT2D eigenvalue weighted by Crippen LogP contribution is 2.27. The number of rotatable bonds is 4. The molecule has 106 valence electrons. The van der Waals surface area contributed by atoms with E-state index in [0.29, 0.717) is 10.5 Å². The maximum atomic E-state index is 6.32. The Hall–Kier alpha value is -1.17. The zero-order valence-corrected chi connectivity index (χ0v) is 13.7. The van der Waals surface area contributed by atoms with Crippen LogP contribution in [0.3, 0.4) is 0 Å². The number of nitrogens with two attached hydrogens (primary N) is 1. The second-order valence-electron chi connectivity index (χ2n) is 4.79. The lowest BCUT2D eigenvalue weighted by atomic mass is 9.90. The van der Waals surface area contributed by atoms with Gasteiger partial charge < -0.3 is 11.1 Å². The molecule has 2 aromatic rings. The number of aromatic nitrogens is 2. The van der Waals surface area contributed by atoms with E-state index in [1.165, 1.54) is 0 Å². The summed E-state index contributed by atoms with van der Waals surface area (Å²) in [6, 6.07) is 5.53. The van der Waals surface area contributed by atoms with Gasteiger partial charge in [-0.25, -0.2) is 4.98 Å². The van der Waals surface area contributed by atoms with Crippen molar-refractivity contribution in [3.8, 4) is 0 Å². The van der Waals surface area contributed by atoms with E-state index in [1.807, 2.05) is 32.3 Å². The number of nitrogens with zero attached hydrogens (tertiary/aromatic N) is 2. The van der Waals surface area contributed by atoms with E-state index in [4.69, 9.17) is 17.3 Å². The molecular formula is C14H16BrClN4. The molecule has 0 aliphatic carbocycles. The molecular weight excluding hydrogens is 340 g/mol. The van der Waals surface area contributed by atoms with Crippen LogP contribution in [-0.2, 0) is 0 Å². The summed E-state index contributed by atoms with van der Waals surface area (Å²) in [6.07, 6.45) is 3.68. The lowest BCUT2D eigenvalue weighted by Crippen LogP contribution is -2.39. The second kappa shape index (κ2) is 6.08. The summed E-state index contributed by atoms with van der Waals surface area (Å²) in [4.78, 5) is 8.70. The van der Waals surface area contributed by atoms with Gasteiger partial charge in [-0.2, -0.15) is 0 Å². The number of hydrogen-bond acceptors (Lipinski definition) is 4. The highest BCUT2D eigenvalue weighted by molar-refractivity contribution is 9.09. The van der Waals surface area contributed by atoms with Gasteiger partial charge in [-0.05, 0) is 30.7 Å². The fraction of sp³-hybridized carbons (Fsp3) is 0.286. The van der Waals surface area contributed by atoms with E-state index in [0.717, 1.165) is 22.2 Å². The average Bonchev–Trinajstić information content (AvgIpc) is 2.43. The third-order valence-corrected chi connectivity index (χ3v) is 4.37. The van der Waals surface area contributed by atoms with Crippen LogP contribution in [0.5, 0.6) is 0 Å². The van der Waals surface area contributed by atoms with E-state index < -0.39 is 5.54 Å². The average molecular weight is 356 g/mol. The highest BCUT2D eigenvalue weighted by atomic mass is 79.9. The minimum atomic E-state index is -0.517. The highest BCUT2D eigenvalue weighted by Gasteiger charge is 2.24. The van der Waals surface area contributed by atoms with Crippen molar-refractivity contribution in [2.75, 3.05) is 12.4 Å². The van der Waals surface area contributed by atoms with Crippen LogP contribution >= 0.6 is 27.5 Å². The number of nitrogens with one attached hydrogen (secondary N) is 1. The molecule has 2 rings (SSSR count). The summed E-state index contributed by atoms with van der Waals surface area (Å²) in [5, 5.41) is 4.11. The van der Waals surface area contributed by atoms with Crippen molar-refractivity contribution >= 4 is 44.1 Å². The molecule has 1 unspecified atom stereocenters. The number of alkyl halides is 1. The van der Waals surface area contributed by atoms with E-state index in [2.05, 4.69) is 31.2 Å². The molecule has 4 nitrogen and oxygen atoms in total. The van der Waals surface area contributed by atoms with Crippen LogP contribution in [0.2, 0.25) is 5.15 Å². The standard InChI is InChI=1S/C14H16BrClN4/c1-14(17,8-15)10(7-18-2)9-5-12-11(19-6-9)3-4-13(16)20-12/h3-7,18H,8,17H2,1-2H3/b10-7-. The first kappa shape index (κ1) is 15.2. The van der Waals surface area contributed by atoms with Crippen LogP contribution in [-0.4, -0.2) is 27.9 Å². The molecule has 3 N–H and O–H groups in total. The Morgan fingerprint density at radius 1 is 1.50 bits per heavy atom. The van der Waals surface area contributed by atoms with Crippen molar-refractivity contribution in [3.63, 3.8) is 0 Å². The van der Waals surface area contributed by atoms with Crippen molar-refractivity contribution in [1.29, 1.82) is 0 Å². The molecule has 6 heteroatoms. The predicted molar refractivity (Wildman–Crippen MR) is 88.0 cm³/mol. The summed E-state index contributed by atoms with van der Waals surface area (Å²) >= 11 is 9.38. The van der Waals surface area contributed by atoms with E-state index in [-0.39, 0.29) is 0 Å². The molecule has 0 fully saturated rings. The molecule has 0 radical (unpaired) electrons. The van der Waals surface area contributed by atoms with Crippen molar-refractivity contribution in [2.45, 2.75) is 12.5 Å². The summed E-state index contributed by atoms with van der Waals surface area (Å²) in [6.45, 7) is 1.96. The number of hydrogen-bond donors (Lipinski definition) is 2. The molecule has 0 amide bonds. The maximum Gasteiger partial charge on any atom is 0.129 e. The largest absolute Gasteiger partial charge is 0.394 e. The molecule has 0 aliphatic rings. The summed E-state index contributed by atoms with van der Waals surface area (Å²) in [5.74, 6) is 0. The monoisotopic (exact) mass is 354 g/mol. The molecule has 20 heavy (non-hydrogen) atoms. The van der Waals surface area contributed by atoms with Crippen LogP contribution in [0.25, 0.3) is 16.6 Å². The summed E-state index contributed by atoms with van der Waals surface area (Å²) < 4.78 is 0. The normalized spacial score (nSPS) is 15.2. The Kier molecular flexibility index (Phi) is 4.62. The van der Waals surface area contributed by atoms with Crippen molar-refractivity contribution in [1.82, 2.24) is 15.3 Å². The van der Waals surface area contributed by atoms with Crippen LogP contribution in [0.15, 0.2) is 30.6 Å². The van der Waals surface area contributed by atoms with Crippen molar-refractivity contribution < 1.29 is 0 Å². The van der Waals surface area contributed by atoms with E-state index in [9.17, 15) is 0 Å². The molecule has 2 aromatic heterocycles. The Morgan fingerprint density at radius 2 is 2.25 bits per heavy atom. The van der Waals surface area contributed by atoms with Gasteiger partial charge in [0.15, 0.2) is 0 Å². The van der Waals surface area contributed by atoms with Crippen molar-refractivity contribution in [2.24, 2.45) is 5.73 Å². The Balaban J connectivity index is 2.57. The predicted octanol–water partition coefficient (Wildman–Crippen LogP) is 2.96. The zero-order chi connectivity index (χ0) is 14.8. The fourth-order valence-corrected chi connectivity index (χ4v) is 2.38. The molecule has 0 aromatic carbocycles. The molecule has 1 atom stereocenters. The molecule has 0 spiro atoms. The molecule has 0 aliphatic heterocycles. The van der Waals surface area contributed by atoms with Crippen LogP contribution in [0.1, 0.15) is 12.5 Å². The van der Waals surface area contributed by atoms with Gasteiger partial charge in [0.25, 0.3) is 0 Å². The van der Waals surface area contributed by atoms with Crippen LogP contribution in [0.4, 0.5) is 0 Å². The van der Waals surface area contributed by atoms with E-state index in [1.54, 1.807) is 12.3 Å². The van der Waals surface area contributed by atoms with Gasteiger partial charge in [0.2, 0.25) is 0 Å². The lowest BCUT2D eigenvalue weighted by Gasteiger charge is -2.26. The van der Waals surface area contributed by atoms with E-state index >= 15 is 0 Å². The van der Waals surface area contributed by atoms with Gasteiger partial charge in [0.05, 0.1) is 11.0 Å². The van der Waals surface area contributed by atoms with Gasteiger partial charge in [-0.15, -0.1) is 0 Å². The first-order valence-corrected chi connectivity index (χ1v) is 7.63. The van der Waals surface area contributed by atoms with Gasteiger partial charge in [0.1, 0.15) is 5.15 Å². The van der Waals surface area contributed by atoms with Gasteiger partial charge in [-0.3, -0.25) is 4.98 Å². The molecule has 2 heterocycles. The Morgan fingerprint density at radius 3 is 2.90 bits per heavy atom. The number of fused-ring (bicyclic) bond motifs is 1. The molecule has 0 saturated carbocycles. The number of halogens is 2. The maximum absolute atomic E-state index is 6.32. The third kappa shape index (κ3) is 3.11. The second-order valence-corrected chi connectivity index (χ2v) is 5.74. The van der Waals surface area contributed by atoms with Gasteiger partial charge in [-0.1, -0.05) is 27.5 Å². The Labute approximate surface area is 131 Å². The molecule has 0 saturated heterocycles. The zero-order valence-electron chi connectivity index (χ0n) is 11.3. The quantitative estimate of drug-likeness (QED) is 0.654. The smallest absolute Gasteiger partial charge is 0.129 e. The lowest BCUT2D eigenvalue weighted by molar-refractivity contribution is 0.688. The SMILES string of the molecule is CN/C=C(/c1cnc2ccc(Cl)nc2c1)C(C)(N)CBr. The number of pyridine rings is 2. The topological polar surface area (TPSA) is 63.8 Å².